The van der Waals surface area contributed by atoms with Crippen molar-refractivity contribution in [1.29, 1.82) is 0 Å². The fourth-order valence-electron chi connectivity index (χ4n) is 3.55. The molecular formula is C18H31N6O7P. The Labute approximate surface area is 185 Å². The van der Waals surface area contributed by atoms with Crippen molar-refractivity contribution in [2.45, 2.75) is 76.2 Å². The zero-order chi connectivity index (χ0) is 23.7. The molecule has 7 N–H and O–H groups in total. The van der Waals surface area contributed by atoms with Crippen LogP contribution in [0, 0.1) is 0 Å². The van der Waals surface area contributed by atoms with Gasteiger partial charge in [0, 0.05) is 6.04 Å². The molecule has 2 unspecified atom stereocenters. The third kappa shape index (κ3) is 5.80. The van der Waals surface area contributed by atoms with E-state index in [0.29, 0.717) is 17.6 Å². The maximum Gasteiger partial charge on any atom is 0.472 e. The predicted octanol–water partition coefficient (Wildman–Crippen LogP) is 0.457. The molecule has 3 heterocycles. The number of aromatic nitrogens is 4. The predicted molar refractivity (Wildman–Crippen MR) is 114 cm³/mol. The fourth-order valence-corrected chi connectivity index (χ4v) is 4.66. The molecule has 2 aromatic rings. The van der Waals surface area contributed by atoms with Crippen molar-refractivity contribution >= 4 is 24.8 Å². The molecule has 0 aromatic carbocycles. The lowest BCUT2D eigenvalue weighted by molar-refractivity contribution is -0.0551. The first kappa shape index (κ1) is 24.9. The van der Waals surface area contributed by atoms with Crippen molar-refractivity contribution in [2.24, 2.45) is 5.73 Å². The summed E-state index contributed by atoms with van der Waals surface area (Å²) in [5.41, 5.74) is 11.2. The van der Waals surface area contributed by atoms with Gasteiger partial charge in [-0.3, -0.25) is 13.6 Å². The van der Waals surface area contributed by atoms with Gasteiger partial charge >= 0.3 is 7.82 Å². The van der Waals surface area contributed by atoms with Crippen molar-refractivity contribution in [2.75, 3.05) is 12.3 Å². The van der Waals surface area contributed by atoms with E-state index in [-0.39, 0.29) is 11.9 Å². The number of nitrogens with zero attached hydrogens (tertiary/aromatic N) is 4. The molecule has 0 saturated carbocycles. The Kier molecular flexibility index (Phi) is 7.52. The number of aliphatic hydroxyl groups excluding tert-OH is 2. The third-order valence-electron chi connectivity index (χ3n) is 5.20. The molecule has 2 aromatic heterocycles. The van der Waals surface area contributed by atoms with Gasteiger partial charge in [0.25, 0.3) is 0 Å². The quantitative estimate of drug-likeness (QED) is 0.298. The average molecular weight is 474 g/mol. The van der Waals surface area contributed by atoms with E-state index in [4.69, 9.17) is 25.3 Å². The summed E-state index contributed by atoms with van der Waals surface area (Å²) in [7, 11) is -4.46. The van der Waals surface area contributed by atoms with E-state index in [1.165, 1.54) is 17.2 Å². The summed E-state index contributed by atoms with van der Waals surface area (Å²) in [6.07, 6.45) is -0.358. The average Bonchev–Trinajstić information content (AvgIpc) is 3.22. The molecule has 180 valence electrons. The standard InChI is InChI=1S/C18H31N6O7P/c1-10(19)5-4-6-18(2,3)31-32(27,28)29-7-11-13(25)14(26)17(30-11)24-9-23-12-15(20)21-8-22-16(12)24/h8-11,13-14,17,25-26H,4-7,19H2,1-3H3,(H,27,28)(H2,20,21,22)/t10?,11-,13-,14-,17-/m1/s1. The number of ether oxygens (including phenoxy) is 1. The highest BCUT2D eigenvalue weighted by Crippen LogP contribution is 2.49. The first-order chi connectivity index (χ1) is 14.9. The van der Waals surface area contributed by atoms with Crippen molar-refractivity contribution in [1.82, 2.24) is 19.5 Å². The lowest BCUT2D eigenvalue weighted by atomic mass is 10.00. The Morgan fingerprint density at radius 1 is 1.31 bits per heavy atom. The van der Waals surface area contributed by atoms with E-state index in [2.05, 4.69) is 15.0 Å². The van der Waals surface area contributed by atoms with Gasteiger partial charge in [-0.05, 0) is 40.0 Å². The molecule has 0 radical (unpaired) electrons. The summed E-state index contributed by atoms with van der Waals surface area (Å²) < 4.78 is 29.9. The molecule has 1 saturated heterocycles. The van der Waals surface area contributed by atoms with Crippen molar-refractivity contribution in [3.05, 3.63) is 12.7 Å². The van der Waals surface area contributed by atoms with Gasteiger partial charge in [0.2, 0.25) is 0 Å². The van der Waals surface area contributed by atoms with Crippen LogP contribution in [0.25, 0.3) is 11.2 Å². The monoisotopic (exact) mass is 474 g/mol. The zero-order valence-electron chi connectivity index (χ0n) is 18.2. The summed E-state index contributed by atoms with van der Waals surface area (Å²) in [4.78, 5) is 22.2. The maximum absolute atomic E-state index is 12.4. The van der Waals surface area contributed by atoms with Crippen LogP contribution < -0.4 is 11.5 Å². The molecule has 1 fully saturated rings. The Balaban J connectivity index is 1.61. The van der Waals surface area contributed by atoms with Crippen LogP contribution in [0.4, 0.5) is 5.82 Å². The summed E-state index contributed by atoms with van der Waals surface area (Å²) >= 11 is 0. The van der Waals surface area contributed by atoms with Crippen molar-refractivity contribution < 1.29 is 33.5 Å². The molecule has 3 rings (SSSR count). The number of nitrogen functional groups attached to an aromatic ring is 1. The fraction of sp³-hybridized carbons (Fsp3) is 0.722. The molecule has 1 aliphatic rings. The van der Waals surface area contributed by atoms with E-state index < -0.39 is 44.6 Å². The highest BCUT2D eigenvalue weighted by Gasteiger charge is 2.45. The Hall–Kier alpha value is -1.70. The molecule has 32 heavy (non-hydrogen) atoms. The number of anilines is 1. The molecule has 6 atom stereocenters. The van der Waals surface area contributed by atoms with Crippen LogP contribution in [0.3, 0.4) is 0 Å². The lowest BCUT2D eigenvalue weighted by Crippen LogP contribution is -2.34. The Morgan fingerprint density at radius 2 is 2.03 bits per heavy atom. The summed E-state index contributed by atoms with van der Waals surface area (Å²) in [6, 6.07) is 0.0267. The highest BCUT2D eigenvalue weighted by atomic mass is 31.2. The minimum absolute atomic E-state index is 0.0267. The second-order valence-electron chi connectivity index (χ2n) is 8.61. The number of fused-ring (bicyclic) bond motifs is 1. The molecule has 0 spiro atoms. The first-order valence-corrected chi connectivity index (χ1v) is 11.8. The molecule has 0 amide bonds. The SMILES string of the molecule is CC(N)CCCC(C)(C)OP(=O)(O)OC[C@H]1O[C@@H](n2cnc3c(N)ncnc32)[C@H](O)[C@@H]1O. The highest BCUT2D eigenvalue weighted by molar-refractivity contribution is 7.47. The summed E-state index contributed by atoms with van der Waals surface area (Å²) in [5.74, 6) is 0.156. The third-order valence-corrected chi connectivity index (χ3v) is 6.40. The maximum atomic E-state index is 12.4. The van der Waals surface area contributed by atoms with E-state index in [0.717, 1.165) is 12.8 Å². The first-order valence-electron chi connectivity index (χ1n) is 10.3. The number of rotatable bonds is 10. The van der Waals surface area contributed by atoms with Crippen LogP contribution in [0.15, 0.2) is 12.7 Å². The number of hydrogen-bond donors (Lipinski definition) is 5. The van der Waals surface area contributed by atoms with Crippen LogP contribution in [0.5, 0.6) is 0 Å². The molecule has 13 nitrogen and oxygen atoms in total. The molecule has 0 bridgehead atoms. The van der Waals surface area contributed by atoms with Gasteiger partial charge in [0.05, 0.1) is 18.5 Å². The van der Waals surface area contributed by atoms with E-state index >= 15 is 0 Å². The van der Waals surface area contributed by atoms with Gasteiger partial charge in [-0.25, -0.2) is 19.5 Å². The number of phosphoric ester groups is 1. The second kappa shape index (κ2) is 9.65. The lowest BCUT2D eigenvalue weighted by Gasteiger charge is -2.28. The summed E-state index contributed by atoms with van der Waals surface area (Å²) in [6.45, 7) is 4.76. The van der Waals surface area contributed by atoms with Crippen LogP contribution >= 0.6 is 7.82 Å². The van der Waals surface area contributed by atoms with Gasteiger partial charge in [-0.1, -0.05) is 0 Å². The Bertz CT molecular complexity index is 970. The van der Waals surface area contributed by atoms with Gasteiger partial charge < -0.3 is 31.3 Å². The molecule has 1 aliphatic heterocycles. The van der Waals surface area contributed by atoms with Crippen molar-refractivity contribution in [3.63, 3.8) is 0 Å². The molecule has 0 aliphatic carbocycles. The topological polar surface area (TPSA) is 201 Å². The van der Waals surface area contributed by atoms with Crippen LogP contribution in [-0.4, -0.2) is 71.2 Å². The minimum atomic E-state index is -4.46. The van der Waals surface area contributed by atoms with E-state index in [9.17, 15) is 19.7 Å². The van der Waals surface area contributed by atoms with Gasteiger partial charge in [-0.2, -0.15) is 0 Å². The normalized spacial score (nSPS) is 27.0. The van der Waals surface area contributed by atoms with Crippen LogP contribution in [0.2, 0.25) is 0 Å². The number of aliphatic hydroxyl groups is 2. The summed E-state index contributed by atoms with van der Waals surface area (Å²) in [5, 5.41) is 20.8. The van der Waals surface area contributed by atoms with E-state index in [1.54, 1.807) is 13.8 Å². The van der Waals surface area contributed by atoms with Crippen LogP contribution in [0.1, 0.15) is 46.3 Å². The van der Waals surface area contributed by atoms with Gasteiger partial charge in [-0.15, -0.1) is 0 Å². The number of hydrogen-bond acceptors (Lipinski definition) is 11. The second-order valence-corrected chi connectivity index (χ2v) is 9.99. The number of nitrogens with two attached hydrogens (primary N) is 2. The molecule has 14 heteroatoms. The zero-order valence-corrected chi connectivity index (χ0v) is 19.1. The minimum Gasteiger partial charge on any atom is -0.387 e. The van der Waals surface area contributed by atoms with Crippen molar-refractivity contribution in [3.8, 4) is 0 Å². The number of imidazole rings is 1. The van der Waals surface area contributed by atoms with Crippen LogP contribution in [-0.2, 0) is 18.3 Å². The largest absolute Gasteiger partial charge is 0.472 e. The Morgan fingerprint density at radius 3 is 2.72 bits per heavy atom. The number of phosphoric acid groups is 1. The van der Waals surface area contributed by atoms with Gasteiger partial charge in [0.1, 0.15) is 30.2 Å². The smallest absolute Gasteiger partial charge is 0.387 e. The molecular weight excluding hydrogens is 443 g/mol. The van der Waals surface area contributed by atoms with Gasteiger partial charge in [0.15, 0.2) is 17.7 Å². The van der Waals surface area contributed by atoms with E-state index in [1.807, 2.05) is 6.92 Å².